The van der Waals surface area contributed by atoms with Gasteiger partial charge < -0.3 is 0 Å². The van der Waals surface area contributed by atoms with Gasteiger partial charge in [-0.2, -0.15) is 0 Å². The van der Waals surface area contributed by atoms with Crippen molar-refractivity contribution in [3.8, 4) is 0 Å². The Kier molecular flexibility index (Phi) is 3.72. The molecule has 0 aliphatic rings. The van der Waals surface area contributed by atoms with E-state index >= 15 is 0 Å². The van der Waals surface area contributed by atoms with Gasteiger partial charge in [0.15, 0.2) is 0 Å². The second-order valence-electron chi connectivity index (χ2n) is 4.69. The number of thiophene rings is 1. The van der Waals surface area contributed by atoms with Crippen molar-refractivity contribution in [3.05, 3.63) is 46.4 Å². The van der Waals surface area contributed by atoms with Gasteiger partial charge in [-0.25, -0.2) is 9.97 Å². The third kappa shape index (κ3) is 2.55. The number of fused-ring (bicyclic) bond motifs is 1. The van der Waals surface area contributed by atoms with Crippen LogP contribution in [0.5, 0.6) is 0 Å². The molecule has 0 N–H and O–H groups in total. The van der Waals surface area contributed by atoms with Crippen LogP contribution in [0.1, 0.15) is 21.8 Å². The summed E-state index contributed by atoms with van der Waals surface area (Å²) in [6, 6.07) is 4.06. The summed E-state index contributed by atoms with van der Waals surface area (Å²) in [5.74, 6) is 1.72. The molecule has 0 spiro atoms. The molecule has 0 atom stereocenters. The molecular weight excluding hydrogens is 286 g/mol. The van der Waals surface area contributed by atoms with Crippen molar-refractivity contribution in [2.24, 2.45) is 0 Å². The molecule has 3 heterocycles. The fourth-order valence-electron chi connectivity index (χ4n) is 2.05. The lowest BCUT2D eigenvalue weighted by Crippen LogP contribution is -1.92. The molecule has 0 amide bonds. The molecule has 0 aliphatic heterocycles. The Morgan fingerprint density at radius 3 is 2.80 bits per heavy atom. The zero-order valence-electron chi connectivity index (χ0n) is 11.7. The second-order valence-corrected chi connectivity index (χ2v) is 6.86. The molecule has 0 bridgehead atoms. The molecule has 0 radical (unpaired) electrons. The molecule has 0 aliphatic carbocycles. The molecular formula is C15H15N3S2. The summed E-state index contributed by atoms with van der Waals surface area (Å²) in [6.07, 6.45) is 3.71. The molecule has 0 aromatic carbocycles. The summed E-state index contributed by atoms with van der Waals surface area (Å²) in [7, 11) is 0. The Balaban J connectivity index is 1.98. The molecule has 0 saturated heterocycles. The van der Waals surface area contributed by atoms with E-state index in [1.165, 1.54) is 21.4 Å². The Bertz CT molecular complexity index is 751. The molecule has 3 nitrogen and oxygen atoms in total. The highest BCUT2D eigenvalue weighted by Gasteiger charge is 2.13. The van der Waals surface area contributed by atoms with Crippen LogP contribution in [-0.4, -0.2) is 15.0 Å². The zero-order valence-corrected chi connectivity index (χ0v) is 13.3. The topological polar surface area (TPSA) is 38.7 Å². The summed E-state index contributed by atoms with van der Waals surface area (Å²) in [5, 5.41) is 2.30. The van der Waals surface area contributed by atoms with Crippen LogP contribution in [0.4, 0.5) is 0 Å². The molecule has 102 valence electrons. The van der Waals surface area contributed by atoms with Gasteiger partial charge in [0, 0.05) is 28.4 Å². The largest absolute Gasteiger partial charge is 0.264 e. The Labute approximate surface area is 126 Å². The average molecular weight is 301 g/mol. The van der Waals surface area contributed by atoms with Gasteiger partial charge in [0.1, 0.15) is 15.7 Å². The van der Waals surface area contributed by atoms with E-state index in [0.29, 0.717) is 0 Å². The van der Waals surface area contributed by atoms with Crippen molar-refractivity contribution in [2.45, 2.75) is 31.6 Å². The van der Waals surface area contributed by atoms with E-state index in [1.807, 2.05) is 19.2 Å². The lowest BCUT2D eigenvalue weighted by atomic mass is 10.2. The van der Waals surface area contributed by atoms with Crippen LogP contribution in [0, 0.1) is 20.8 Å². The Morgan fingerprint density at radius 2 is 2.05 bits per heavy atom. The Hall–Kier alpha value is -1.46. The monoisotopic (exact) mass is 301 g/mol. The molecule has 3 rings (SSSR count). The number of nitrogens with zero attached hydrogens (tertiary/aromatic N) is 3. The van der Waals surface area contributed by atoms with E-state index in [4.69, 9.17) is 0 Å². The summed E-state index contributed by atoms with van der Waals surface area (Å²) in [6.45, 7) is 6.26. The third-order valence-electron chi connectivity index (χ3n) is 3.21. The van der Waals surface area contributed by atoms with Crippen LogP contribution < -0.4 is 0 Å². The van der Waals surface area contributed by atoms with Crippen molar-refractivity contribution in [1.82, 2.24) is 15.0 Å². The smallest absolute Gasteiger partial charge is 0.128 e. The number of aryl methyl sites for hydroxylation is 3. The molecule has 20 heavy (non-hydrogen) atoms. The summed E-state index contributed by atoms with van der Waals surface area (Å²) in [5.41, 5.74) is 2.52. The van der Waals surface area contributed by atoms with Crippen molar-refractivity contribution in [3.63, 3.8) is 0 Å². The van der Waals surface area contributed by atoms with Crippen LogP contribution in [0.15, 0.2) is 29.6 Å². The van der Waals surface area contributed by atoms with E-state index in [0.717, 1.165) is 21.4 Å². The van der Waals surface area contributed by atoms with Gasteiger partial charge in [0.05, 0.1) is 0 Å². The van der Waals surface area contributed by atoms with Gasteiger partial charge >= 0.3 is 0 Å². The van der Waals surface area contributed by atoms with E-state index in [-0.39, 0.29) is 0 Å². The highest BCUT2D eigenvalue weighted by Crippen LogP contribution is 2.35. The van der Waals surface area contributed by atoms with Gasteiger partial charge in [-0.1, -0.05) is 6.07 Å². The summed E-state index contributed by atoms with van der Waals surface area (Å²) in [4.78, 5) is 15.8. The predicted molar refractivity (Wildman–Crippen MR) is 85.4 cm³/mol. The highest BCUT2D eigenvalue weighted by molar-refractivity contribution is 7.98. The lowest BCUT2D eigenvalue weighted by Gasteiger charge is -2.05. The molecule has 5 heteroatoms. The van der Waals surface area contributed by atoms with Crippen LogP contribution >= 0.6 is 23.1 Å². The normalized spacial score (nSPS) is 11.2. The number of hydrogen-bond donors (Lipinski definition) is 0. The quantitative estimate of drug-likeness (QED) is 0.534. The van der Waals surface area contributed by atoms with Gasteiger partial charge in [0.25, 0.3) is 0 Å². The third-order valence-corrected chi connectivity index (χ3v) is 5.35. The van der Waals surface area contributed by atoms with Gasteiger partial charge in [-0.3, -0.25) is 4.98 Å². The molecule has 0 saturated carbocycles. The SMILES string of the molecule is Cc1nc(SCc2cccnc2)c2c(C)c(C)sc2n1. The number of pyridine rings is 1. The average Bonchev–Trinajstić information content (AvgIpc) is 2.72. The van der Waals surface area contributed by atoms with Crippen LogP contribution in [0.25, 0.3) is 10.2 Å². The van der Waals surface area contributed by atoms with Crippen LogP contribution in [-0.2, 0) is 5.75 Å². The first-order valence-electron chi connectivity index (χ1n) is 6.41. The van der Waals surface area contributed by atoms with Gasteiger partial charge in [-0.15, -0.1) is 23.1 Å². The van der Waals surface area contributed by atoms with Crippen LogP contribution in [0.2, 0.25) is 0 Å². The first-order valence-corrected chi connectivity index (χ1v) is 8.21. The molecule has 0 fully saturated rings. The minimum Gasteiger partial charge on any atom is -0.264 e. The maximum absolute atomic E-state index is 4.63. The fraction of sp³-hybridized carbons (Fsp3) is 0.267. The second kappa shape index (κ2) is 5.50. The van der Waals surface area contributed by atoms with Gasteiger partial charge in [-0.05, 0) is 38.0 Å². The Morgan fingerprint density at radius 1 is 1.20 bits per heavy atom. The summed E-state index contributed by atoms with van der Waals surface area (Å²) < 4.78 is 0. The first-order chi connectivity index (χ1) is 9.65. The van der Waals surface area contributed by atoms with E-state index in [1.54, 1.807) is 29.3 Å². The van der Waals surface area contributed by atoms with E-state index in [2.05, 4.69) is 34.9 Å². The van der Waals surface area contributed by atoms with E-state index < -0.39 is 0 Å². The highest BCUT2D eigenvalue weighted by atomic mass is 32.2. The summed E-state index contributed by atoms with van der Waals surface area (Å²) >= 11 is 3.51. The standard InChI is InChI=1S/C15H15N3S2/c1-9-10(2)20-15-13(9)14(17-11(3)18-15)19-8-12-5-4-6-16-7-12/h4-7H,8H2,1-3H3. The van der Waals surface area contributed by atoms with Crippen LogP contribution in [0.3, 0.4) is 0 Å². The predicted octanol–water partition coefficient (Wildman–Crippen LogP) is 4.30. The minimum absolute atomic E-state index is 0.840. The van der Waals surface area contributed by atoms with Crippen molar-refractivity contribution in [1.29, 1.82) is 0 Å². The number of rotatable bonds is 3. The fourth-order valence-corrected chi connectivity index (χ4v) is 4.26. The molecule has 3 aromatic heterocycles. The number of hydrogen-bond acceptors (Lipinski definition) is 5. The first kappa shape index (κ1) is 13.5. The maximum Gasteiger partial charge on any atom is 0.128 e. The molecule has 0 unspecified atom stereocenters. The van der Waals surface area contributed by atoms with Crippen molar-refractivity contribution in [2.75, 3.05) is 0 Å². The van der Waals surface area contributed by atoms with Crippen molar-refractivity contribution < 1.29 is 0 Å². The van der Waals surface area contributed by atoms with Crippen molar-refractivity contribution >= 4 is 33.3 Å². The minimum atomic E-state index is 0.840. The zero-order chi connectivity index (χ0) is 14.1. The lowest BCUT2D eigenvalue weighted by molar-refractivity contribution is 1.01. The molecule has 3 aromatic rings. The van der Waals surface area contributed by atoms with E-state index in [9.17, 15) is 0 Å². The number of thioether (sulfide) groups is 1. The number of aromatic nitrogens is 3. The van der Waals surface area contributed by atoms with Gasteiger partial charge in [0.2, 0.25) is 0 Å². The maximum atomic E-state index is 4.63.